The summed E-state index contributed by atoms with van der Waals surface area (Å²) in [6.45, 7) is 4.72. The molecule has 1 heterocycles. The second-order valence-electron chi connectivity index (χ2n) is 16.8. The third kappa shape index (κ3) is 4.88. The highest BCUT2D eigenvalue weighted by Gasteiger charge is 2.46. The van der Waals surface area contributed by atoms with Crippen LogP contribution in [-0.2, 0) is 10.8 Å². The van der Waals surface area contributed by atoms with Gasteiger partial charge in [0, 0.05) is 38.8 Å². The van der Waals surface area contributed by atoms with Crippen LogP contribution in [0.4, 0.5) is 17.1 Å². The van der Waals surface area contributed by atoms with E-state index in [2.05, 4.69) is 225 Å². The average molecular weight is 768 g/mol. The fourth-order valence-electron chi connectivity index (χ4n) is 10.6. The Labute approximate surface area is 350 Å². The smallest absolute Gasteiger partial charge is 0.143 e. The van der Waals surface area contributed by atoms with Crippen molar-refractivity contribution in [1.82, 2.24) is 0 Å². The molecule has 1 aromatic heterocycles. The zero-order valence-corrected chi connectivity index (χ0v) is 33.6. The minimum atomic E-state index is -0.517. The van der Waals surface area contributed by atoms with Gasteiger partial charge in [0.25, 0.3) is 0 Å². The van der Waals surface area contributed by atoms with Gasteiger partial charge in [-0.15, -0.1) is 0 Å². The van der Waals surface area contributed by atoms with E-state index in [9.17, 15) is 0 Å². The van der Waals surface area contributed by atoms with E-state index in [4.69, 9.17) is 4.42 Å². The number of para-hydroxylation sites is 2. The van der Waals surface area contributed by atoms with E-state index in [0.29, 0.717) is 0 Å². The van der Waals surface area contributed by atoms with Crippen molar-refractivity contribution in [1.29, 1.82) is 0 Å². The fraction of sp³-hybridized carbons (Fsp3) is 0.0690. The van der Waals surface area contributed by atoms with Gasteiger partial charge in [-0.1, -0.05) is 184 Å². The summed E-state index contributed by atoms with van der Waals surface area (Å²) in [5, 5.41) is 2.26. The molecule has 2 aliphatic carbocycles. The first-order valence-electron chi connectivity index (χ1n) is 20.9. The second-order valence-corrected chi connectivity index (χ2v) is 16.8. The maximum Gasteiger partial charge on any atom is 0.143 e. The van der Waals surface area contributed by atoms with Crippen LogP contribution in [0, 0.1) is 0 Å². The van der Waals surface area contributed by atoms with Gasteiger partial charge >= 0.3 is 0 Å². The van der Waals surface area contributed by atoms with Crippen molar-refractivity contribution in [2.24, 2.45) is 0 Å². The van der Waals surface area contributed by atoms with Crippen LogP contribution in [0.5, 0.6) is 0 Å². The van der Waals surface area contributed by atoms with E-state index < -0.39 is 5.41 Å². The van der Waals surface area contributed by atoms with Crippen LogP contribution in [0.25, 0.3) is 55.3 Å². The molecule has 0 fully saturated rings. The molecule has 0 unspecified atom stereocenters. The van der Waals surface area contributed by atoms with Crippen LogP contribution in [0.1, 0.15) is 47.2 Å². The van der Waals surface area contributed by atoms with Gasteiger partial charge in [-0.2, -0.15) is 0 Å². The van der Waals surface area contributed by atoms with Gasteiger partial charge in [0.1, 0.15) is 11.2 Å². The van der Waals surface area contributed by atoms with E-state index >= 15 is 0 Å². The van der Waals surface area contributed by atoms with Crippen molar-refractivity contribution in [3.05, 3.63) is 246 Å². The van der Waals surface area contributed by atoms with Gasteiger partial charge in [-0.05, 0) is 104 Å². The molecule has 0 saturated heterocycles. The summed E-state index contributed by atoms with van der Waals surface area (Å²) in [7, 11) is 0. The van der Waals surface area contributed by atoms with Gasteiger partial charge in [0.05, 0.1) is 5.41 Å². The summed E-state index contributed by atoms with van der Waals surface area (Å²) in [6, 6.07) is 78.0. The van der Waals surface area contributed by atoms with Gasteiger partial charge in [-0.25, -0.2) is 0 Å². The molecule has 0 atom stereocenters. The van der Waals surface area contributed by atoms with Crippen molar-refractivity contribution in [2.75, 3.05) is 4.90 Å². The predicted octanol–water partition coefficient (Wildman–Crippen LogP) is 15.4. The third-order valence-electron chi connectivity index (χ3n) is 13.3. The largest absolute Gasteiger partial charge is 0.455 e. The highest BCUT2D eigenvalue weighted by molar-refractivity contribution is 6.09. The number of hydrogen-bond donors (Lipinski definition) is 0. The lowest BCUT2D eigenvalue weighted by atomic mass is 9.67. The quantitative estimate of drug-likeness (QED) is 0.168. The number of benzene rings is 9. The van der Waals surface area contributed by atoms with Crippen molar-refractivity contribution in [2.45, 2.75) is 24.7 Å². The summed E-state index contributed by atoms with van der Waals surface area (Å²) in [5.74, 6) is 0. The number of anilines is 3. The molecule has 0 spiro atoms. The molecule has 284 valence electrons. The van der Waals surface area contributed by atoms with Crippen LogP contribution in [0.2, 0.25) is 0 Å². The zero-order valence-electron chi connectivity index (χ0n) is 33.6. The Bertz CT molecular complexity index is 3260. The van der Waals surface area contributed by atoms with Crippen molar-refractivity contribution in [3.63, 3.8) is 0 Å². The molecule has 0 amide bonds. The second kappa shape index (κ2) is 13.0. The number of hydrogen-bond acceptors (Lipinski definition) is 2. The summed E-state index contributed by atoms with van der Waals surface area (Å²) in [6.07, 6.45) is 0. The Kier molecular flexibility index (Phi) is 7.52. The minimum absolute atomic E-state index is 0.151. The third-order valence-corrected chi connectivity index (χ3v) is 13.3. The van der Waals surface area contributed by atoms with E-state index in [1.54, 1.807) is 0 Å². The molecule has 9 aromatic carbocycles. The lowest BCUT2D eigenvalue weighted by Gasteiger charge is -2.35. The van der Waals surface area contributed by atoms with Gasteiger partial charge in [-0.3, -0.25) is 0 Å². The van der Waals surface area contributed by atoms with Gasteiger partial charge in [0.15, 0.2) is 0 Å². The van der Waals surface area contributed by atoms with Gasteiger partial charge in [0.2, 0.25) is 0 Å². The van der Waals surface area contributed by atoms with Crippen LogP contribution in [-0.4, -0.2) is 0 Å². The Morgan fingerprint density at radius 3 is 1.62 bits per heavy atom. The Balaban J connectivity index is 1.11. The summed E-state index contributed by atoms with van der Waals surface area (Å²) >= 11 is 0. The normalized spacial score (nSPS) is 14.1. The first-order chi connectivity index (χ1) is 29.5. The summed E-state index contributed by atoms with van der Waals surface area (Å²) in [4.78, 5) is 2.46. The van der Waals surface area contributed by atoms with Crippen LogP contribution < -0.4 is 4.90 Å². The summed E-state index contributed by atoms with van der Waals surface area (Å²) < 4.78 is 6.59. The van der Waals surface area contributed by atoms with Crippen LogP contribution in [0.3, 0.4) is 0 Å². The monoisotopic (exact) mass is 767 g/mol. The minimum Gasteiger partial charge on any atom is -0.455 e. The SMILES string of the molecule is CC1(C)c2ccccc2-c2ccc(N(c3cccc(-c4cccc5c4oc4ccccc45)c3)c3ccc4c(c3)C(c3ccccc3)(c3ccccc3)c3ccccc3-4)cc21. The molecule has 0 bridgehead atoms. The molecule has 12 rings (SSSR count). The maximum absolute atomic E-state index is 6.59. The standard InChI is InChI=1S/C58H41NO/c1-57(2)51-28-12-9-23-45(51)47-33-31-42(36-53(47)57)59(41-22-15-17-38(35-41)44-26-16-27-50-49-25-11-14-30-55(49)60-56(44)50)43-32-34-48-46-24-10-13-29-52(46)58(54(48)37-43,39-18-5-3-6-19-39)40-20-7-4-8-21-40/h3-37H,1-2H3. The molecule has 10 aromatic rings. The highest BCUT2D eigenvalue weighted by Crippen LogP contribution is 2.58. The molecular weight excluding hydrogens is 727 g/mol. The average Bonchev–Trinajstić information content (AvgIpc) is 3.91. The molecule has 2 heteroatoms. The molecule has 0 saturated carbocycles. The van der Waals surface area contributed by atoms with Gasteiger partial charge < -0.3 is 9.32 Å². The summed E-state index contributed by atoms with van der Waals surface area (Å²) in [5.41, 5.74) is 19.6. The van der Waals surface area contributed by atoms with E-state index in [1.807, 2.05) is 6.07 Å². The highest BCUT2D eigenvalue weighted by atomic mass is 16.3. The molecular formula is C58H41NO. The number of fused-ring (bicyclic) bond motifs is 9. The Morgan fingerprint density at radius 1 is 0.367 bits per heavy atom. The van der Waals surface area contributed by atoms with E-state index in [1.165, 1.54) is 55.6 Å². The van der Waals surface area contributed by atoms with E-state index in [0.717, 1.165) is 50.1 Å². The van der Waals surface area contributed by atoms with E-state index in [-0.39, 0.29) is 5.41 Å². The Hall–Kier alpha value is -7.42. The lowest BCUT2D eigenvalue weighted by Crippen LogP contribution is -2.28. The number of furan rings is 1. The maximum atomic E-state index is 6.59. The zero-order chi connectivity index (χ0) is 40.0. The van der Waals surface area contributed by atoms with Crippen molar-refractivity contribution in [3.8, 4) is 33.4 Å². The first kappa shape index (κ1) is 34.6. The molecule has 60 heavy (non-hydrogen) atoms. The first-order valence-corrected chi connectivity index (χ1v) is 20.9. The molecule has 0 radical (unpaired) electrons. The Morgan fingerprint density at radius 2 is 0.883 bits per heavy atom. The lowest BCUT2D eigenvalue weighted by molar-refractivity contribution is 0.660. The fourth-order valence-corrected chi connectivity index (χ4v) is 10.6. The van der Waals surface area contributed by atoms with Crippen molar-refractivity contribution >= 4 is 39.0 Å². The molecule has 2 aliphatic rings. The van der Waals surface area contributed by atoms with Crippen molar-refractivity contribution < 1.29 is 4.42 Å². The molecule has 2 nitrogen and oxygen atoms in total. The molecule has 0 aliphatic heterocycles. The number of nitrogens with zero attached hydrogens (tertiary/aromatic N) is 1. The van der Waals surface area contributed by atoms with Crippen LogP contribution >= 0.6 is 0 Å². The molecule has 0 N–H and O–H groups in total. The topological polar surface area (TPSA) is 16.4 Å². The van der Waals surface area contributed by atoms with Crippen LogP contribution in [0.15, 0.2) is 217 Å². The number of rotatable bonds is 6. The predicted molar refractivity (Wildman–Crippen MR) is 249 cm³/mol.